The molecular formula is C27H29N3O9. The molecule has 1 aromatic rings. The molecule has 0 aromatic heterocycles. The van der Waals surface area contributed by atoms with Crippen molar-refractivity contribution < 1.29 is 43.7 Å². The Balaban J connectivity index is 1.90. The molecule has 2 saturated carbocycles. The number of methoxy groups -OCH3 is 1. The number of aromatic hydroxyl groups is 1. The highest BCUT2D eigenvalue weighted by Crippen LogP contribution is 2.52. The molecule has 0 bridgehead atoms. The molecule has 3 aliphatic carbocycles. The van der Waals surface area contributed by atoms with Crippen molar-refractivity contribution >= 4 is 40.7 Å². The van der Waals surface area contributed by atoms with Gasteiger partial charge in [-0.1, -0.05) is 5.92 Å². The average molecular weight is 540 g/mol. The summed E-state index contributed by atoms with van der Waals surface area (Å²) in [6.07, 6.45) is 0.0546. The topological polar surface area (TPSA) is 185 Å². The summed E-state index contributed by atoms with van der Waals surface area (Å²) in [6.45, 7) is 0. The van der Waals surface area contributed by atoms with Gasteiger partial charge in [0.05, 0.1) is 30.2 Å². The van der Waals surface area contributed by atoms with Crippen molar-refractivity contribution in [3.8, 4) is 17.6 Å². The van der Waals surface area contributed by atoms with Crippen LogP contribution in [0.15, 0.2) is 6.07 Å². The number of primary amides is 1. The number of esters is 1. The summed E-state index contributed by atoms with van der Waals surface area (Å²) in [5, 5.41) is 22.7. The second-order valence-electron chi connectivity index (χ2n) is 10.6. The minimum Gasteiger partial charge on any atom is -0.506 e. The zero-order valence-electron chi connectivity index (χ0n) is 22.1. The van der Waals surface area contributed by atoms with Crippen molar-refractivity contribution in [2.24, 2.45) is 29.4 Å². The number of Topliss-reactive ketones (excluding diaryl/α,β-unsaturated/α-hetero) is 4. The first-order valence-corrected chi connectivity index (χ1v) is 12.2. The predicted molar refractivity (Wildman–Crippen MR) is 135 cm³/mol. The van der Waals surface area contributed by atoms with Crippen LogP contribution in [0.3, 0.4) is 0 Å². The number of aliphatic hydroxyl groups is 1. The molecule has 4 rings (SSSR count). The Kier molecular flexibility index (Phi) is 6.87. The Bertz CT molecular complexity index is 1400. The van der Waals surface area contributed by atoms with Crippen LogP contribution in [0.5, 0.6) is 5.75 Å². The van der Waals surface area contributed by atoms with E-state index in [1.807, 2.05) is 0 Å². The normalized spacial score (nSPS) is 29.6. The number of likely N-dealkylation sites (N-methyl/N-ethyl adjacent to an activating group) is 1. The van der Waals surface area contributed by atoms with Gasteiger partial charge in [0.1, 0.15) is 5.75 Å². The van der Waals surface area contributed by atoms with Crippen molar-refractivity contribution in [1.29, 1.82) is 0 Å². The van der Waals surface area contributed by atoms with Crippen LogP contribution in [0.2, 0.25) is 0 Å². The second-order valence-corrected chi connectivity index (χ2v) is 10.6. The standard InChI is InChI=1S/C27H29N3O9/c1-29(2)15-10-11(6-7-16(31)39-5)21(32)18-13(15)8-12-9-14-20(30(3)4)23(34)19(26(28)37)25(36)27(14,38)24(35)17(12)22(18)33/h10,12,14,17,19-20,32,38H,8-9H2,1-5H3,(H2,28,37). The number of phenols is 1. The molecule has 0 heterocycles. The smallest absolute Gasteiger partial charge is 0.384 e. The van der Waals surface area contributed by atoms with Gasteiger partial charge in [-0.05, 0) is 44.5 Å². The summed E-state index contributed by atoms with van der Waals surface area (Å²) in [4.78, 5) is 81.0. The number of nitrogens with two attached hydrogens (primary N) is 1. The second kappa shape index (κ2) is 9.59. The minimum atomic E-state index is -2.81. The quantitative estimate of drug-likeness (QED) is 0.230. The van der Waals surface area contributed by atoms with Gasteiger partial charge in [-0.15, -0.1) is 0 Å². The van der Waals surface area contributed by atoms with Crippen LogP contribution in [0, 0.1) is 35.5 Å². The summed E-state index contributed by atoms with van der Waals surface area (Å²) >= 11 is 0. The van der Waals surface area contributed by atoms with Crippen LogP contribution in [-0.4, -0.2) is 97.1 Å². The number of hydrogen-bond acceptors (Lipinski definition) is 11. The van der Waals surface area contributed by atoms with Crippen LogP contribution < -0.4 is 10.6 Å². The number of anilines is 1. The number of carbonyl (C=O) groups excluding carboxylic acids is 6. The zero-order chi connectivity index (χ0) is 29.1. The van der Waals surface area contributed by atoms with Gasteiger partial charge in [0, 0.05) is 31.6 Å². The maximum Gasteiger partial charge on any atom is 0.384 e. The third kappa shape index (κ3) is 4.00. The van der Waals surface area contributed by atoms with Crippen molar-refractivity contribution in [3.05, 3.63) is 22.8 Å². The van der Waals surface area contributed by atoms with Crippen LogP contribution in [0.4, 0.5) is 5.69 Å². The molecule has 12 nitrogen and oxygen atoms in total. The molecule has 4 N–H and O–H groups in total. The summed E-state index contributed by atoms with van der Waals surface area (Å²) < 4.78 is 4.50. The minimum absolute atomic E-state index is 0.0541. The van der Waals surface area contributed by atoms with Crippen molar-refractivity contribution in [2.45, 2.75) is 24.5 Å². The summed E-state index contributed by atoms with van der Waals surface area (Å²) in [6, 6.07) is 0.330. The summed E-state index contributed by atoms with van der Waals surface area (Å²) in [5.41, 5.74) is 3.19. The highest BCUT2D eigenvalue weighted by Gasteiger charge is 2.69. The maximum absolute atomic E-state index is 13.9. The van der Waals surface area contributed by atoms with E-state index >= 15 is 0 Å². The molecule has 6 atom stereocenters. The first kappa shape index (κ1) is 27.9. The Labute approximate surface area is 224 Å². The van der Waals surface area contributed by atoms with E-state index in [0.29, 0.717) is 11.3 Å². The van der Waals surface area contributed by atoms with Gasteiger partial charge in [0.25, 0.3) is 0 Å². The first-order valence-electron chi connectivity index (χ1n) is 12.2. The first-order chi connectivity index (χ1) is 18.2. The van der Waals surface area contributed by atoms with E-state index in [1.54, 1.807) is 19.0 Å². The summed E-state index contributed by atoms with van der Waals surface area (Å²) in [5.74, 6) is -7.64. The average Bonchev–Trinajstić information content (AvgIpc) is 2.84. The SMILES string of the molecule is COC(=O)C#Cc1cc(N(C)C)c2c(c1O)C(=O)C1C(=O)C3(O)C(=O)C(C(N)=O)C(=O)C(N(C)C)C3CC1C2. The van der Waals surface area contributed by atoms with E-state index in [0.717, 1.165) is 7.11 Å². The Morgan fingerprint density at radius 2 is 1.77 bits per heavy atom. The molecule has 12 heteroatoms. The number of ether oxygens (including phenoxy) is 1. The van der Waals surface area contributed by atoms with E-state index in [1.165, 1.54) is 25.1 Å². The number of amides is 1. The molecule has 39 heavy (non-hydrogen) atoms. The van der Waals surface area contributed by atoms with Gasteiger partial charge >= 0.3 is 5.97 Å². The van der Waals surface area contributed by atoms with Gasteiger partial charge < -0.3 is 25.6 Å². The third-order valence-electron chi connectivity index (χ3n) is 8.00. The Morgan fingerprint density at radius 3 is 2.31 bits per heavy atom. The Hall–Kier alpha value is -4.08. The highest BCUT2D eigenvalue weighted by molar-refractivity contribution is 6.32. The molecule has 0 aliphatic heterocycles. The molecular weight excluding hydrogens is 510 g/mol. The molecule has 1 amide bonds. The molecule has 6 unspecified atom stereocenters. The van der Waals surface area contributed by atoms with Crippen LogP contribution in [0.25, 0.3) is 0 Å². The molecule has 206 valence electrons. The number of hydrogen-bond donors (Lipinski definition) is 3. The lowest BCUT2D eigenvalue weighted by molar-refractivity contribution is -0.181. The molecule has 0 spiro atoms. The number of benzene rings is 1. The van der Waals surface area contributed by atoms with Crippen molar-refractivity contribution in [2.75, 3.05) is 40.2 Å². The number of carbonyl (C=O) groups is 6. The van der Waals surface area contributed by atoms with Crippen LogP contribution in [0.1, 0.15) is 27.9 Å². The lowest BCUT2D eigenvalue weighted by atomic mass is 9.52. The van der Waals surface area contributed by atoms with E-state index in [9.17, 15) is 39.0 Å². The van der Waals surface area contributed by atoms with Crippen molar-refractivity contribution in [1.82, 2.24) is 4.90 Å². The van der Waals surface area contributed by atoms with E-state index in [4.69, 9.17) is 5.73 Å². The molecule has 1 aromatic carbocycles. The number of phenolic OH excluding ortho intramolecular Hbond substituents is 1. The molecule has 0 radical (unpaired) electrons. The lowest BCUT2D eigenvalue weighted by Crippen LogP contribution is -2.74. The fraction of sp³-hybridized carbons (Fsp3) is 0.481. The largest absolute Gasteiger partial charge is 0.506 e. The number of ketones is 4. The van der Waals surface area contributed by atoms with Gasteiger partial charge in [0.15, 0.2) is 34.7 Å². The zero-order valence-corrected chi connectivity index (χ0v) is 22.1. The van der Waals surface area contributed by atoms with Crippen LogP contribution >= 0.6 is 0 Å². The fourth-order valence-electron chi connectivity index (χ4n) is 6.32. The monoisotopic (exact) mass is 539 g/mol. The maximum atomic E-state index is 13.9. The highest BCUT2D eigenvalue weighted by atomic mass is 16.5. The van der Waals surface area contributed by atoms with E-state index in [-0.39, 0.29) is 24.0 Å². The predicted octanol–water partition coefficient (Wildman–Crippen LogP) is -1.54. The third-order valence-corrected chi connectivity index (χ3v) is 8.00. The van der Waals surface area contributed by atoms with Crippen LogP contribution in [-0.2, 0) is 35.1 Å². The van der Waals surface area contributed by atoms with Gasteiger partial charge in [-0.25, -0.2) is 4.79 Å². The van der Waals surface area contributed by atoms with Gasteiger partial charge in [-0.2, -0.15) is 0 Å². The molecule has 0 saturated heterocycles. The molecule has 2 fully saturated rings. The van der Waals surface area contributed by atoms with Crippen molar-refractivity contribution in [3.63, 3.8) is 0 Å². The van der Waals surface area contributed by atoms with E-state index < -0.39 is 76.1 Å². The number of rotatable bonds is 3. The molecule has 3 aliphatic rings. The van der Waals surface area contributed by atoms with Gasteiger partial charge in [-0.3, -0.25) is 28.9 Å². The number of fused-ring (bicyclic) bond motifs is 3. The fourth-order valence-corrected chi connectivity index (χ4v) is 6.32. The van der Waals surface area contributed by atoms with E-state index in [2.05, 4.69) is 16.6 Å². The van der Waals surface area contributed by atoms with Gasteiger partial charge in [0.2, 0.25) is 5.91 Å². The summed E-state index contributed by atoms with van der Waals surface area (Å²) in [7, 11) is 7.59. The lowest BCUT2D eigenvalue weighted by Gasteiger charge is -2.52. The number of nitrogens with zero attached hydrogens (tertiary/aromatic N) is 2. The Morgan fingerprint density at radius 1 is 1.13 bits per heavy atom.